The summed E-state index contributed by atoms with van der Waals surface area (Å²) < 4.78 is 10.1. The molecule has 8 heteroatoms. The van der Waals surface area contributed by atoms with Crippen LogP contribution in [0.5, 0.6) is 0 Å². The number of hydrogen-bond acceptors (Lipinski definition) is 6. The quantitative estimate of drug-likeness (QED) is 0.358. The van der Waals surface area contributed by atoms with Crippen LogP contribution in [0.15, 0.2) is 66.7 Å². The van der Waals surface area contributed by atoms with Gasteiger partial charge in [0.15, 0.2) is 0 Å². The molecule has 40 heavy (non-hydrogen) atoms. The van der Waals surface area contributed by atoms with Crippen LogP contribution in [0.25, 0.3) is 11.1 Å². The zero-order valence-electron chi connectivity index (χ0n) is 23.9. The van der Waals surface area contributed by atoms with Crippen LogP contribution in [-0.4, -0.2) is 60.0 Å². The minimum Gasteiger partial charge on any atom is -0.467 e. The van der Waals surface area contributed by atoms with Gasteiger partial charge in [-0.2, -0.15) is 0 Å². The summed E-state index contributed by atoms with van der Waals surface area (Å²) in [5.74, 6) is 0.0305. The summed E-state index contributed by atoms with van der Waals surface area (Å²) in [6.45, 7) is 5.69. The number of ether oxygens (including phenoxy) is 2. The number of amides is 2. The van der Waals surface area contributed by atoms with Crippen LogP contribution in [0.3, 0.4) is 0 Å². The first-order chi connectivity index (χ1) is 19.1. The molecule has 0 saturated carbocycles. The van der Waals surface area contributed by atoms with Crippen LogP contribution in [0.4, 0.5) is 4.79 Å². The zero-order chi connectivity index (χ0) is 28.8. The number of benzene rings is 2. The molecule has 214 valence electrons. The molecule has 4 rings (SSSR count). The highest BCUT2D eigenvalue weighted by Crippen LogP contribution is 2.48. The van der Waals surface area contributed by atoms with E-state index in [1.165, 1.54) is 7.11 Å². The number of allylic oxidation sites excluding steroid dienone is 1. The van der Waals surface area contributed by atoms with Gasteiger partial charge < -0.3 is 19.7 Å². The molecule has 7 nitrogen and oxygen atoms in total. The van der Waals surface area contributed by atoms with Gasteiger partial charge in [-0.3, -0.25) is 4.79 Å². The Bertz CT molecular complexity index is 1210. The zero-order valence-corrected chi connectivity index (χ0v) is 24.7. The highest BCUT2D eigenvalue weighted by Gasteiger charge is 2.51. The van der Waals surface area contributed by atoms with Crippen LogP contribution in [0, 0.1) is 0 Å². The molecule has 1 fully saturated rings. The summed E-state index contributed by atoms with van der Waals surface area (Å²) in [5.41, 5.74) is 2.60. The van der Waals surface area contributed by atoms with Crippen LogP contribution in [0.1, 0.15) is 58.4 Å². The van der Waals surface area contributed by atoms with Gasteiger partial charge >= 0.3 is 12.1 Å². The minimum atomic E-state index is -0.798. The Labute approximate surface area is 241 Å². The number of fused-ring (bicyclic) bond motifs is 2. The molecule has 0 aromatic heterocycles. The summed E-state index contributed by atoms with van der Waals surface area (Å²) in [6, 6.07) is 17.0. The van der Waals surface area contributed by atoms with Crippen molar-refractivity contribution in [2.45, 2.75) is 75.3 Å². The third-order valence-corrected chi connectivity index (χ3v) is 8.77. The van der Waals surface area contributed by atoms with E-state index >= 15 is 0 Å². The van der Waals surface area contributed by atoms with Crippen molar-refractivity contribution in [2.24, 2.45) is 0 Å². The van der Waals surface area contributed by atoms with Crippen molar-refractivity contribution in [1.29, 1.82) is 0 Å². The lowest BCUT2D eigenvalue weighted by atomic mass is 9.93. The lowest BCUT2D eigenvalue weighted by Crippen LogP contribution is -2.52. The van der Waals surface area contributed by atoms with E-state index in [-0.39, 0.29) is 5.91 Å². The van der Waals surface area contributed by atoms with Gasteiger partial charge in [0.25, 0.3) is 0 Å². The van der Waals surface area contributed by atoms with Crippen molar-refractivity contribution in [1.82, 2.24) is 10.2 Å². The predicted molar refractivity (Wildman–Crippen MR) is 159 cm³/mol. The number of nitrogens with one attached hydrogen (secondary N) is 1. The van der Waals surface area contributed by atoms with Gasteiger partial charge in [-0.15, -0.1) is 11.8 Å². The van der Waals surface area contributed by atoms with E-state index in [0.29, 0.717) is 19.4 Å². The summed E-state index contributed by atoms with van der Waals surface area (Å²) in [6.07, 6.45) is 7.16. The maximum absolute atomic E-state index is 14.1. The van der Waals surface area contributed by atoms with Crippen LogP contribution >= 0.6 is 11.8 Å². The van der Waals surface area contributed by atoms with E-state index in [0.717, 1.165) is 41.7 Å². The van der Waals surface area contributed by atoms with Gasteiger partial charge in [0.1, 0.15) is 17.7 Å². The standard InChI is InChI=1S/C32H40N2O5S/c1-31(2,3)39-30(37)33-26-15-11-6-5-7-12-20-40-32(21-27(29(36)38-4)34(22-32)28(26)35)25-18-16-24(17-19-25)23-13-9-8-10-14-23/h7-10,12-14,16-19,26-27H,5-6,11,15,20-22H2,1-4H3,(H,33,37)/b12-7-. The Kier molecular flexibility index (Phi) is 9.61. The van der Waals surface area contributed by atoms with E-state index in [1.54, 1.807) is 37.4 Å². The number of carbonyl (C=O) groups excluding carboxylic acids is 3. The summed E-state index contributed by atoms with van der Waals surface area (Å²) in [5, 5.41) is 2.80. The molecule has 0 spiro atoms. The maximum atomic E-state index is 14.1. The molecule has 1 N–H and O–H groups in total. The van der Waals surface area contributed by atoms with Crippen LogP contribution in [0.2, 0.25) is 0 Å². The smallest absolute Gasteiger partial charge is 0.408 e. The molecule has 2 amide bonds. The van der Waals surface area contributed by atoms with Crippen molar-refractivity contribution < 1.29 is 23.9 Å². The monoisotopic (exact) mass is 564 g/mol. The number of methoxy groups -OCH3 is 1. The SMILES string of the molecule is COC(=O)C1CC2(c3ccc(-c4ccccc4)cc3)CN1C(=O)C(NC(=O)OC(C)(C)C)CCCC/C=C\CS2. The molecule has 0 radical (unpaired) electrons. The molecule has 2 aliphatic heterocycles. The summed E-state index contributed by atoms with van der Waals surface area (Å²) >= 11 is 1.74. The Morgan fingerprint density at radius 2 is 1.70 bits per heavy atom. The molecule has 2 aliphatic rings. The fourth-order valence-electron chi connectivity index (χ4n) is 5.36. The Morgan fingerprint density at radius 3 is 2.38 bits per heavy atom. The largest absolute Gasteiger partial charge is 0.467 e. The second-order valence-corrected chi connectivity index (χ2v) is 12.8. The second-order valence-electron chi connectivity index (χ2n) is 11.4. The van der Waals surface area contributed by atoms with E-state index in [2.05, 4.69) is 53.9 Å². The Balaban J connectivity index is 1.69. The molecular formula is C32H40N2O5S. The lowest BCUT2D eigenvalue weighted by molar-refractivity contribution is -0.151. The molecular weight excluding hydrogens is 524 g/mol. The number of alkyl carbamates (subject to hydrolysis) is 1. The first-order valence-electron chi connectivity index (χ1n) is 13.9. The van der Waals surface area contributed by atoms with Crippen molar-refractivity contribution in [3.63, 3.8) is 0 Å². The van der Waals surface area contributed by atoms with Crippen molar-refractivity contribution in [3.8, 4) is 11.1 Å². The lowest BCUT2D eigenvalue weighted by Gasteiger charge is -2.31. The van der Waals surface area contributed by atoms with Crippen LogP contribution < -0.4 is 5.32 Å². The average molecular weight is 565 g/mol. The number of thioether (sulfide) groups is 1. The number of esters is 1. The van der Waals surface area contributed by atoms with Crippen molar-refractivity contribution >= 4 is 29.7 Å². The van der Waals surface area contributed by atoms with Gasteiger partial charge in [-0.1, -0.05) is 73.2 Å². The predicted octanol–water partition coefficient (Wildman–Crippen LogP) is 6.08. The molecule has 2 aromatic rings. The average Bonchev–Trinajstić information content (AvgIpc) is 3.33. The third kappa shape index (κ3) is 7.27. The summed E-state index contributed by atoms with van der Waals surface area (Å²) in [4.78, 5) is 41.5. The van der Waals surface area contributed by atoms with Gasteiger partial charge in [-0.05, 0) is 63.1 Å². The van der Waals surface area contributed by atoms with Crippen molar-refractivity contribution in [3.05, 3.63) is 72.3 Å². The highest BCUT2D eigenvalue weighted by molar-refractivity contribution is 8.00. The van der Waals surface area contributed by atoms with Crippen molar-refractivity contribution in [2.75, 3.05) is 19.4 Å². The second kappa shape index (κ2) is 12.9. The van der Waals surface area contributed by atoms with Gasteiger partial charge in [0, 0.05) is 12.3 Å². The molecule has 0 aliphatic carbocycles. The van der Waals surface area contributed by atoms with Crippen LogP contribution in [-0.2, 0) is 23.8 Å². The number of nitrogens with zero attached hydrogens (tertiary/aromatic N) is 1. The molecule has 2 aromatic carbocycles. The maximum Gasteiger partial charge on any atom is 0.408 e. The molecule has 2 bridgehead atoms. The van der Waals surface area contributed by atoms with E-state index in [1.807, 2.05) is 18.2 Å². The summed E-state index contributed by atoms with van der Waals surface area (Å²) in [7, 11) is 1.35. The number of carbonyl (C=O) groups is 3. The van der Waals surface area contributed by atoms with E-state index in [4.69, 9.17) is 9.47 Å². The molecule has 1 saturated heterocycles. The molecule has 3 unspecified atom stereocenters. The minimum absolute atomic E-state index is 0.281. The Hall–Kier alpha value is -3.26. The highest BCUT2D eigenvalue weighted by atomic mass is 32.2. The first kappa shape index (κ1) is 29.7. The Morgan fingerprint density at radius 1 is 1.00 bits per heavy atom. The first-order valence-corrected chi connectivity index (χ1v) is 14.9. The van der Waals surface area contributed by atoms with E-state index < -0.39 is 34.5 Å². The van der Waals surface area contributed by atoms with Gasteiger partial charge in [-0.25, -0.2) is 9.59 Å². The fourth-order valence-corrected chi connectivity index (χ4v) is 6.72. The van der Waals surface area contributed by atoms with E-state index in [9.17, 15) is 14.4 Å². The fraction of sp³-hybridized carbons (Fsp3) is 0.469. The topological polar surface area (TPSA) is 84.9 Å². The number of hydrogen-bond donors (Lipinski definition) is 1. The molecule has 3 atom stereocenters. The number of rotatable bonds is 4. The van der Waals surface area contributed by atoms with Gasteiger partial charge in [0.05, 0.1) is 11.9 Å². The third-order valence-electron chi connectivity index (χ3n) is 7.32. The van der Waals surface area contributed by atoms with Gasteiger partial charge in [0.2, 0.25) is 5.91 Å². The normalized spacial score (nSPS) is 24.7. The molecule has 2 heterocycles.